The molecule has 0 spiro atoms. The summed E-state index contributed by atoms with van der Waals surface area (Å²) in [6.45, 7) is 6.50. The molecule has 1 aliphatic carbocycles. The van der Waals surface area contributed by atoms with Crippen LogP contribution < -0.4 is 5.32 Å². The molecule has 146 valence electrons. The number of carbonyl (C=O) groups is 1. The molecule has 1 aliphatic heterocycles. The molecule has 1 unspecified atom stereocenters. The lowest BCUT2D eigenvalue weighted by Gasteiger charge is -2.27. The molecule has 4 rings (SSSR count). The van der Waals surface area contributed by atoms with Crippen LogP contribution in [0.25, 0.3) is 0 Å². The highest BCUT2D eigenvalue weighted by molar-refractivity contribution is 7.09. The lowest BCUT2D eigenvalue weighted by Crippen LogP contribution is -2.41. The van der Waals surface area contributed by atoms with Crippen molar-refractivity contribution in [3.8, 4) is 0 Å². The van der Waals surface area contributed by atoms with Gasteiger partial charge in [0.1, 0.15) is 0 Å². The van der Waals surface area contributed by atoms with Crippen LogP contribution in [-0.2, 0) is 30.7 Å². The van der Waals surface area contributed by atoms with Crippen LogP contribution in [0, 0.1) is 0 Å². The average Bonchev–Trinajstić information content (AvgIpc) is 3.35. The lowest BCUT2D eigenvalue weighted by molar-refractivity contribution is 0.0297. The normalized spacial score (nSPS) is 19.9. The van der Waals surface area contributed by atoms with Gasteiger partial charge in [0.15, 0.2) is 5.69 Å². The first-order valence-corrected chi connectivity index (χ1v) is 10.9. The van der Waals surface area contributed by atoms with Crippen molar-refractivity contribution in [1.29, 1.82) is 0 Å². The molecule has 6 nitrogen and oxygen atoms in total. The maximum atomic E-state index is 13.1. The Kier molecular flexibility index (Phi) is 5.90. The van der Waals surface area contributed by atoms with Gasteiger partial charge < -0.3 is 15.0 Å². The Labute approximate surface area is 164 Å². The van der Waals surface area contributed by atoms with Crippen LogP contribution in [0.2, 0.25) is 0 Å². The summed E-state index contributed by atoms with van der Waals surface area (Å²) in [6, 6.07) is 4.66. The van der Waals surface area contributed by atoms with Gasteiger partial charge in [-0.05, 0) is 37.1 Å². The van der Waals surface area contributed by atoms with Crippen LogP contribution in [-0.4, -0.2) is 52.9 Å². The first-order chi connectivity index (χ1) is 13.3. The van der Waals surface area contributed by atoms with E-state index in [1.165, 1.54) is 10.6 Å². The molecule has 2 aromatic rings. The zero-order valence-electron chi connectivity index (χ0n) is 15.9. The summed E-state index contributed by atoms with van der Waals surface area (Å²) in [5, 5.41) is 10.6. The van der Waals surface area contributed by atoms with Gasteiger partial charge in [0, 0.05) is 48.4 Å². The summed E-state index contributed by atoms with van der Waals surface area (Å²) in [5.74, 6) is 0.0725. The molecule has 1 amide bonds. The fourth-order valence-electron chi connectivity index (χ4n) is 4.00. The molecular formula is C20H28N4O2S. The predicted octanol–water partition coefficient (Wildman–Crippen LogP) is 2.47. The zero-order chi connectivity index (χ0) is 18.6. The first kappa shape index (κ1) is 18.7. The molecule has 2 aliphatic rings. The summed E-state index contributed by atoms with van der Waals surface area (Å²) >= 11 is 1.78. The van der Waals surface area contributed by atoms with Crippen molar-refractivity contribution in [2.75, 3.05) is 26.3 Å². The molecule has 0 saturated carbocycles. The number of rotatable bonds is 6. The van der Waals surface area contributed by atoms with Crippen LogP contribution in [0.1, 0.15) is 46.4 Å². The number of carbonyl (C=O) groups excluding carboxylic acids is 1. The van der Waals surface area contributed by atoms with E-state index in [1.807, 2.05) is 4.90 Å². The van der Waals surface area contributed by atoms with Crippen LogP contribution >= 0.6 is 11.3 Å². The van der Waals surface area contributed by atoms with Crippen molar-refractivity contribution in [2.45, 2.75) is 51.7 Å². The highest BCUT2D eigenvalue weighted by Crippen LogP contribution is 2.27. The number of aryl methyl sites for hydroxylation is 1. The molecule has 3 heterocycles. The third-order valence-corrected chi connectivity index (χ3v) is 6.30. The highest BCUT2D eigenvalue weighted by Gasteiger charge is 2.31. The van der Waals surface area contributed by atoms with Gasteiger partial charge in [-0.3, -0.25) is 9.48 Å². The minimum atomic E-state index is 0.0725. The van der Waals surface area contributed by atoms with Crippen LogP contribution in [0.4, 0.5) is 0 Å². The van der Waals surface area contributed by atoms with E-state index in [-0.39, 0.29) is 5.91 Å². The van der Waals surface area contributed by atoms with Crippen LogP contribution in [0.5, 0.6) is 0 Å². The Morgan fingerprint density at radius 3 is 3.00 bits per heavy atom. The highest BCUT2D eigenvalue weighted by atomic mass is 32.1. The number of amides is 1. The van der Waals surface area contributed by atoms with Crippen molar-refractivity contribution in [2.24, 2.45) is 0 Å². The van der Waals surface area contributed by atoms with Gasteiger partial charge in [0.2, 0.25) is 0 Å². The summed E-state index contributed by atoms with van der Waals surface area (Å²) in [4.78, 5) is 16.4. The molecule has 1 atom stereocenters. The van der Waals surface area contributed by atoms with E-state index in [4.69, 9.17) is 9.84 Å². The molecule has 1 saturated heterocycles. The summed E-state index contributed by atoms with van der Waals surface area (Å²) < 4.78 is 7.48. The Bertz CT molecular complexity index is 765. The van der Waals surface area contributed by atoms with E-state index in [1.54, 1.807) is 11.3 Å². The number of hydrogen-bond acceptors (Lipinski definition) is 5. The summed E-state index contributed by atoms with van der Waals surface area (Å²) in [7, 11) is 0. The SMILES string of the molecule is CCCn1nc(C(=O)N2CCOCC2)c2c1CCC(NCc1cccs1)C2. The Hall–Kier alpha value is -1.70. The van der Waals surface area contributed by atoms with Crippen LogP contribution in [0.15, 0.2) is 17.5 Å². The van der Waals surface area contributed by atoms with E-state index < -0.39 is 0 Å². The molecule has 27 heavy (non-hydrogen) atoms. The van der Waals surface area contributed by atoms with Gasteiger partial charge in [-0.25, -0.2) is 0 Å². The van der Waals surface area contributed by atoms with Gasteiger partial charge in [-0.1, -0.05) is 13.0 Å². The first-order valence-electron chi connectivity index (χ1n) is 9.97. The monoisotopic (exact) mass is 388 g/mol. The maximum absolute atomic E-state index is 13.1. The molecule has 0 radical (unpaired) electrons. The Morgan fingerprint density at radius 1 is 1.41 bits per heavy atom. The molecule has 1 N–H and O–H groups in total. The second-order valence-electron chi connectivity index (χ2n) is 7.30. The number of nitrogens with one attached hydrogen (secondary N) is 1. The van der Waals surface area contributed by atoms with Gasteiger partial charge in [-0.15, -0.1) is 11.3 Å². The number of hydrogen-bond donors (Lipinski definition) is 1. The molecule has 2 aromatic heterocycles. The standard InChI is InChI=1S/C20H28N4O2S/c1-2-7-24-18-6-5-15(21-14-16-4-3-12-27-16)13-17(18)19(22-24)20(25)23-8-10-26-11-9-23/h3-4,12,15,21H,2,5-11,13-14H2,1H3. The summed E-state index contributed by atoms with van der Waals surface area (Å²) in [6.07, 6.45) is 4.00. The molecule has 0 aromatic carbocycles. The Balaban J connectivity index is 1.53. The van der Waals surface area contributed by atoms with E-state index in [0.717, 1.165) is 44.3 Å². The van der Waals surface area contributed by atoms with Crippen LogP contribution in [0.3, 0.4) is 0 Å². The molecular weight excluding hydrogens is 360 g/mol. The second-order valence-corrected chi connectivity index (χ2v) is 8.33. The van der Waals surface area contributed by atoms with Crippen molar-refractivity contribution in [1.82, 2.24) is 20.0 Å². The number of morpholine rings is 1. The van der Waals surface area contributed by atoms with Gasteiger partial charge in [0.25, 0.3) is 5.91 Å². The van der Waals surface area contributed by atoms with Crippen molar-refractivity contribution in [3.63, 3.8) is 0 Å². The fraction of sp³-hybridized carbons (Fsp3) is 0.600. The lowest BCUT2D eigenvalue weighted by atomic mass is 9.91. The minimum Gasteiger partial charge on any atom is -0.378 e. The number of fused-ring (bicyclic) bond motifs is 1. The van der Waals surface area contributed by atoms with E-state index >= 15 is 0 Å². The zero-order valence-corrected chi connectivity index (χ0v) is 16.8. The van der Waals surface area contributed by atoms with Gasteiger partial charge >= 0.3 is 0 Å². The van der Waals surface area contributed by atoms with E-state index in [2.05, 4.69) is 34.4 Å². The topological polar surface area (TPSA) is 59.4 Å². The van der Waals surface area contributed by atoms with Gasteiger partial charge in [-0.2, -0.15) is 5.10 Å². The van der Waals surface area contributed by atoms with E-state index in [9.17, 15) is 4.79 Å². The van der Waals surface area contributed by atoms with Crippen molar-refractivity contribution in [3.05, 3.63) is 39.3 Å². The number of aromatic nitrogens is 2. The number of nitrogens with zero attached hydrogens (tertiary/aromatic N) is 3. The molecule has 1 fully saturated rings. The third-order valence-electron chi connectivity index (χ3n) is 5.43. The van der Waals surface area contributed by atoms with E-state index in [0.29, 0.717) is 38.0 Å². The second kappa shape index (κ2) is 8.54. The molecule has 0 bridgehead atoms. The summed E-state index contributed by atoms with van der Waals surface area (Å²) in [5.41, 5.74) is 3.10. The maximum Gasteiger partial charge on any atom is 0.274 e. The minimum absolute atomic E-state index is 0.0725. The van der Waals surface area contributed by atoms with Crippen molar-refractivity contribution < 1.29 is 9.53 Å². The smallest absolute Gasteiger partial charge is 0.274 e. The number of ether oxygens (including phenoxy) is 1. The predicted molar refractivity (Wildman–Crippen MR) is 106 cm³/mol. The third kappa shape index (κ3) is 4.10. The average molecular weight is 389 g/mol. The Morgan fingerprint density at radius 2 is 2.26 bits per heavy atom. The molecule has 7 heteroatoms. The van der Waals surface area contributed by atoms with Gasteiger partial charge in [0.05, 0.1) is 13.2 Å². The van der Waals surface area contributed by atoms with Crippen molar-refractivity contribution >= 4 is 17.2 Å². The number of thiophene rings is 1. The largest absolute Gasteiger partial charge is 0.378 e. The quantitative estimate of drug-likeness (QED) is 0.826. The fourth-order valence-corrected chi connectivity index (χ4v) is 4.66.